The fraction of sp³-hybridized carbons (Fsp3) is 0.600. The standard InChI is InChI=1S/C10H13NO2/c11-7-9(10(12)13)6-8-4-2-1-3-5-8/h1-2,8-9H,3-6H2,(H,12,13). The average molecular weight is 179 g/mol. The predicted octanol–water partition coefficient (Wildman–Crippen LogP) is 1.96. The van der Waals surface area contributed by atoms with E-state index in [0.29, 0.717) is 12.3 Å². The van der Waals surface area contributed by atoms with E-state index in [0.717, 1.165) is 19.3 Å². The Morgan fingerprint density at radius 3 is 2.92 bits per heavy atom. The van der Waals surface area contributed by atoms with Crippen molar-refractivity contribution in [3.05, 3.63) is 12.2 Å². The van der Waals surface area contributed by atoms with Gasteiger partial charge in [0.1, 0.15) is 5.92 Å². The lowest BCUT2D eigenvalue weighted by atomic mass is 9.86. The zero-order chi connectivity index (χ0) is 9.68. The van der Waals surface area contributed by atoms with Crippen LogP contribution >= 0.6 is 0 Å². The zero-order valence-corrected chi connectivity index (χ0v) is 7.44. The number of carboxylic acids is 1. The van der Waals surface area contributed by atoms with Crippen LogP contribution in [0.5, 0.6) is 0 Å². The number of carbonyl (C=O) groups is 1. The summed E-state index contributed by atoms with van der Waals surface area (Å²) in [6.45, 7) is 0. The molecule has 0 aromatic carbocycles. The van der Waals surface area contributed by atoms with Crippen LogP contribution in [-0.4, -0.2) is 11.1 Å². The Balaban J connectivity index is 2.42. The van der Waals surface area contributed by atoms with Gasteiger partial charge in [-0.1, -0.05) is 12.2 Å². The van der Waals surface area contributed by atoms with Crippen LogP contribution in [-0.2, 0) is 4.79 Å². The molecular formula is C10H13NO2. The van der Waals surface area contributed by atoms with Crippen molar-refractivity contribution in [3.63, 3.8) is 0 Å². The molecule has 1 rings (SSSR count). The first-order chi connectivity index (χ1) is 6.24. The van der Waals surface area contributed by atoms with Gasteiger partial charge in [-0.05, 0) is 31.6 Å². The summed E-state index contributed by atoms with van der Waals surface area (Å²) in [7, 11) is 0. The molecule has 13 heavy (non-hydrogen) atoms. The second kappa shape index (κ2) is 4.66. The molecule has 0 aromatic heterocycles. The molecule has 1 aliphatic carbocycles. The lowest BCUT2D eigenvalue weighted by Gasteiger charge is -2.18. The number of hydrogen-bond acceptors (Lipinski definition) is 2. The van der Waals surface area contributed by atoms with Gasteiger partial charge >= 0.3 is 5.97 Å². The molecular weight excluding hydrogens is 166 g/mol. The molecule has 0 fully saturated rings. The number of aliphatic carboxylic acids is 1. The molecule has 0 heterocycles. The third-order valence-electron chi connectivity index (χ3n) is 2.40. The van der Waals surface area contributed by atoms with Crippen LogP contribution in [0.15, 0.2) is 12.2 Å². The SMILES string of the molecule is N#CC(CC1CC=CCC1)C(=O)O. The summed E-state index contributed by atoms with van der Waals surface area (Å²) in [5.41, 5.74) is 0. The fourth-order valence-electron chi connectivity index (χ4n) is 1.61. The Morgan fingerprint density at radius 1 is 1.69 bits per heavy atom. The summed E-state index contributed by atoms with van der Waals surface area (Å²) < 4.78 is 0. The van der Waals surface area contributed by atoms with Crippen LogP contribution in [0, 0.1) is 23.2 Å². The molecule has 0 aliphatic heterocycles. The quantitative estimate of drug-likeness (QED) is 0.673. The highest BCUT2D eigenvalue weighted by Crippen LogP contribution is 2.24. The minimum Gasteiger partial charge on any atom is -0.480 e. The Morgan fingerprint density at radius 2 is 2.46 bits per heavy atom. The molecule has 0 bridgehead atoms. The molecule has 1 aliphatic rings. The molecule has 3 heteroatoms. The van der Waals surface area contributed by atoms with Crippen molar-refractivity contribution in [2.75, 3.05) is 0 Å². The summed E-state index contributed by atoms with van der Waals surface area (Å²) >= 11 is 0. The van der Waals surface area contributed by atoms with Gasteiger partial charge in [-0.2, -0.15) is 5.26 Å². The van der Waals surface area contributed by atoms with E-state index in [2.05, 4.69) is 12.2 Å². The molecule has 70 valence electrons. The minimum atomic E-state index is -0.989. The van der Waals surface area contributed by atoms with Crippen LogP contribution in [0.25, 0.3) is 0 Å². The number of nitrogens with zero attached hydrogens (tertiary/aromatic N) is 1. The number of hydrogen-bond donors (Lipinski definition) is 1. The van der Waals surface area contributed by atoms with Crippen molar-refractivity contribution < 1.29 is 9.90 Å². The van der Waals surface area contributed by atoms with E-state index >= 15 is 0 Å². The van der Waals surface area contributed by atoms with Crippen LogP contribution < -0.4 is 0 Å². The van der Waals surface area contributed by atoms with Crippen LogP contribution in [0.4, 0.5) is 0 Å². The summed E-state index contributed by atoms with van der Waals surface area (Å²) in [6, 6.07) is 1.83. The van der Waals surface area contributed by atoms with Crippen LogP contribution in [0.3, 0.4) is 0 Å². The molecule has 0 saturated carbocycles. The monoisotopic (exact) mass is 179 g/mol. The first-order valence-corrected chi connectivity index (χ1v) is 4.51. The lowest BCUT2D eigenvalue weighted by molar-refractivity contribution is -0.140. The van der Waals surface area contributed by atoms with Gasteiger partial charge in [0.2, 0.25) is 0 Å². The molecule has 0 aromatic rings. The number of carboxylic acid groups (broad SMARTS) is 1. The number of rotatable bonds is 3. The van der Waals surface area contributed by atoms with Gasteiger partial charge in [-0.3, -0.25) is 4.79 Å². The zero-order valence-electron chi connectivity index (χ0n) is 7.44. The topological polar surface area (TPSA) is 61.1 Å². The Hall–Kier alpha value is -1.30. The third-order valence-corrected chi connectivity index (χ3v) is 2.40. The highest BCUT2D eigenvalue weighted by molar-refractivity contribution is 5.72. The van der Waals surface area contributed by atoms with E-state index in [1.807, 2.05) is 6.07 Å². The summed E-state index contributed by atoms with van der Waals surface area (Å²) in [5.74, 6) is -1.43. The van der Waals surface area contributed by atoms with Gasteiger partial charge < -0.3 is 5.11 Å². The second-order valence-corrected chi connectivity index (χ2v) is 3.41. The smallest absolute Gasteiger partial charge is 0.320 e. The van der Waals surface area contributed by atoms with E-state index in [1.165, 1.54) is 0 Å². The summed E-state index contributed by atoms with van der Waals surface area (Å²) in [6.07, 6.45) is 7.63. The molecule has 0 saturated heterocycles. The Bertz CT molecular complexity index is 252. The van der Waals surface area contributed by atoms with Crippen molar-refractivity contribution >= 4 is 5.97 Å². The van der Waals surface area contributed by atoms with E-state index in [1.54, 1.807) is 0 Å². The van der Waals surface area contributed by atoms with E-state index in [-0.39, 0.29) is 0 Å². The highest BCUT2D eigenvalue weighted by atomic mass is 16.4. The van der Waals surface area contributed by atoms with E-state index < -0.39 is 11.9 Å². The molecule has 0 amide bonds. The van der Waals surface area contributed by atoms with Crippen LogP contribution in [0.2, 0.25) is 0 Å². The molecule has 0 spiro atoms. The Labute approximate surface area is 77.7 Å². The molecule has 2 atom stereocenters. The largest absolute Gasteiger partial charge is 0.480 e. The molecule has 3 nitrogen and oxygen atoms in total. The number of nitriles is 1. The molecule has 0 radical (unpaired) electrons. The van der Waals surface area contributed by atoms with Gasteiger partial charge in [-0.15, -0.1) is 0 Å². The second-order valence-electron chi connectivity index (χ2n) is 3.41. The predicted molar refractivity (Wildman–Crippen MR) is 47.8 cm³/mol. The van der Waals surface area contributed by atoms with Crippen LogP contribution in [0.1, 0.15) is 25.7 Å². The van der Waals surface area contributed by atoms with Crippen molar-refractivity contribution in [1.82, 2.24) is 0 Å². The van der Waals surface area contributed by atoms with Gasteiger partial charge in [0.05, 0.1) is 6.07 Å². The molecule has 2 unspecified atom stereocenters. The van der Waals surface area contributed by atoms with Crippen molar-refractivity contribution in [1.29, 1.82) is 5.26 Å². The maximum absolute atomic E-state index is 10.6. The van der Waals surface area contributed by atoms with E-state index in [4.69, 9.17) is 10.4 Å². The van der Waals surface area contributed by atoms with Gasteiger partial charge in [-0.25, -0.2) is 0 Å². The maximum Gasteiger partial charge on any atom is 0.320 e. The maximum atomic E-state index is 10.6. The molecule has 1 N–H and O–H groups in total. The highest BCUT2D eigenvalue weighted by Gasteiger charge is 2.21. The van der Waals surface area contributed by atoms with Crippen molar-refractivity contribution in [3.8, 4) is 6.07 Å². The summed E-state index contributed by atoms with van der Waals surface area (Å²) in [4.78, 5) is 10.6. The van der Waals surface area contributed by atoms with Crippen molar-refractivity contribution in [2.45, 2.75) is 25.7 Å². The first-order valence-electron chi connectivity index (χ1n) is 4.51. The van der Waals surface area contributed by atoms with Gasteiger partial charge in [0, 0.05) is 0 Å². The first kappa shape index (κ1) is 9.79. The Kier molecular flexibility index (Phi) is 3.51. The van der Waals surface area contributed by atoms with Gasteiger partial charge in [0.15, 0.2) is 0 Å². The van der Waals surface area contributed by atoms with E-state index in [9.17, 15) is 4.79 Å². The normalized spacial score (nSPS) is 23.5. The summed E-state index contributed by atoms with van der Waals surface area (Å²) in [5, 5.41) is 17.2. The average Bonchev–Trinajstić information content (AvgIpc) is 2.15. The fourth-order valence-corrected chi connectivity index (χ4v) is 1.61. The lowest BCUT2D eigenvalue weighted by Crippen LogP contribution is -2.16. The number of allylic oxidation sites excluding steroid dienone is 2. The van der Waals surface area contributed by atoms with Crippen molar-refractivity contribution in [2.24, 2.45) is 11.8 Å². The van der Waals surface area contributed by atoms with Gasteiger partial charge in [0.25, 0.3) is 0 Å². The third kappa shape index (κ3) is 2.90. The minimum absolute atomic E-state index is 0.380.